The highest BCUT2D eigenvalue weighted by atomic mass is 16.4. The van der Waals surface area contributed by atoms with Crippen molar-refractivity contribution in [3.8, 4) is 5.69 Å². The molecule has 7 heteroatoms. The molecule has 0 amide bonds. The van der Waals surface area contributed by atoms with Gasteiger partial charge in [-0.2, -0.15) is 9.36 Å². The molecule has 0 fully saturated rings. The minimum Gasteiger partial charge on any atom is -0.423 e. The van der Waals surface area contributed by atoms with Crippen LogP contribution in [-0.4, -0.2) is 19.8 Å². The van der Waals surface area contributed by atoms with Crippen LogP contribution in [0.3, 0.4) is 0 Å². The van der Waals surface area contributed by atoms with Gasteiger partial charge in [-0.3, -0.25) is 0 Å². The van der Waals surface area contributed by atoms with Gasteiger partial charge >= 0.3 is 11.3 Å². The summed E-state index contributed by atoms with van der Waals surface area (Å²) >= 11 is 0. The second-order valence-electron chi connectivity index (χ2n) is 6.73. The van der Waals surface area contributed by atoms with E-state index in [1.165, 1.54) is 26.6 Å². The van der Waals surface area contributed by atoms with Crippen LogP contribution in [0.25, 0.3) is 16.7 Å². The number of para-hydroxylation sites is 1. The average Bonchev–Trinajstić information content (AvgIpc) is 3.27. The van der Waals surface area contributed by atoms with Gasteiger partial charge in [0.25, 0.3) is 0 Å². The molecule has 7 nitrogen and oxygen atoms in total. The van der Waals surface area contributed by atoms with E-state index in [1.54, 1.807) is 12.1 Å². The van der Waals surface area contributed by atoms with Crippen molar-refractivity contribution >= 4 is 11.0 Å². The van der Waals surface area contributed by atoms with Crippen LogP contribution < -0.4 is 11.3 Å². The quantitative estimate of drug-likeness (QED) is 0.522. The Morgan fingerprint density at radius 1 is 0.963 bits per heavy atom. The topological polar surface area (TPSA) is 82.9 Å². The van der Waals surface area contributed by atoms with Crippen molar-refractivity contribution in [2.75, 3.05) is 0 Å². The van der Waals surface area contributed by atoms with Crippen molar-refractivity contribution < 1.29 is 4.42 Å². The number of hydrogen-bond acceptors (Lipinski definition) is 5. The lowest BCUT2D eigenvalue weighted by Gasteiger charge is -2.07. The van der Waals surface area contributed by atoms with Crippen molar-refractivity contribution in [2.24, 2.45) is 0 Å². The minimum atomic E-state index is -0.432. The van der Waals surface area contributed by atoms with Gasteiger partial charge in [0.15, 0.2) is 0 Å². The van der Waals surface area contributed by atoms with Gasteiger partial charge < -0.3 is 4.42 Å². The summed E-state index contributed by atoms with van der Waals surface area (Å²) in [7, 11) is 0. The Morgan fingerprint density at radius 2 is 1.74 bits per heavy atom. The molecule has 2 heterocycles. The fourth-order valence-corrected chi connectivity index (χ4v) is 3.69. The number of benzene rings is 2. The van der Waals surface area contributed by atoms with Gasteiger partial charge in [-0.05, 0) is 70.6 Å². The lowest BCUT2D eigenvalue weighted by Crippen LogP contribution is -2.25. The van der Waals surface area contributed by atoms with E-state index in [2.05, 4.69) is 16.5 Å². The third-order valence-corrected chi connectivity index (χ3v) is 5.00. The first kappa shape index (κ1) is 15.7. The zero-order valence-corrected chi connectivity index (χ0v) is 14.5. The van der Waals surface area contributed by atoms with Crippen LogP contribution >= 0.6 is 0 Å². The van der Waals surface area contributed by atoms with E-state index in [0.29, 0.717) is 16.8 Å². The third-order valence-electron chi connectivity index (χ3n) is 5.00. The summed E-state index contributed by atoms with van der Waals surface area (Å²) < 4.78 is 7.89. The second kappa shape index (κ2) is 6.05. The summed E-state index contributed by atoms with van der Waals surface area (Å²) in [5, 5.41) is 8.78. The predicted molar refractivity (Wildman–Crippen MR) is 99.2 cm³/mol. The fraction of sp³-hybridized carbons (Fsp3) is 0.200. The van der Waals surface area contributed by atoms with Gasteiger partial charge in [0, 0.05) is 11.5 Å². The fourth-order valence-electron chi connectivity index (χ4n) is 3.69. The van der Waals surface area contributed by atoms with Crippen LogP contribution in [0.1, 0.15) is 23.1 Å². The van der Waals surface area contributed by atoms with Gasteiger partial charge in [0.1, 0.15) is 5.58 Å². The maximum atomic E-state index is 12.7. The van der Waals surface area contributed by atoms with E-state index in [1.807, 2.05) is 24.3 Å². The highest BCUT2D eigenvalue weighted by molar-refractivity contribution is 5.82. The second-order valence-corrected chi connectivity index (χ2v) is 6.73. The lowest BCUT2D eigenvalue weighted by atomic mass is 10.0. The Morgan fingerprint density at radius 3 is 2.56 bits per heavy atom. The predicted octanol–water partition coefficient (Wildman–Crippen LogP) is 2.07. The molecule has 0 atom stereocenters. The van der Waals surface area contributed by atoms with Crippen molar-refractivity contribution in [1.82, 2.24) is 19.8 Å². The van der Waals surface area contributed by atoms with Crippen LogP contribution in [0.2, 0.25) is 0 Å². The first-order chi connectivity index (χ1) is 13.2. The van der Waals surface area contributed by atoms with Gasteiger partial charge in [0.05, 0.1) is 12.2 Å². The lowest BCUT2D eigenvalue weighted by molar-refractivity contribution is 0.554. The third kappa shape index (κ3) is 2.68. The molecule has 0 unspecified atom stereocenters. The van der Waals surface area contributed by atoms with Crippen LogP contribution in [0, 0.1) is 0 Å². The first-order valence-corrected chi connectivity index (χ1v) is 8.86. The maximum Gasteiger partial charge on any atom is 0.368 e. The number of rotatable bonds is 3. The number of aryl methyl sites for hydroxylation is 2. The van der Waals surface area contributed by atoms with Crippen molar-refractivity contribution in [2.45, 2.75) is 25.8 Å². The molecular weight excluding hydrogens is 344 g/mol. The van der Waals surface area contributed by atoms with Crippen molar-refractivity contribution in [3.05, 3.63) is 86.1 Å². The van der Waals surface area contributed by atoms with Crippen LogP contribution in [0.5, 0.6) is 0 Å². The molecule has 4 aromatic rings. The van der Waals surface area contributed by atoms with E-state index in [0.717, 1.165) is 24.6 Å². The molecular formula is C20H16N4O3. The van der Waals surface area contributed by atoms with E-state index in [4.69, 9.17) is 4.42 Å². The zero-order chi connectivity index (χ0) is 18.4. The number of tetrazole rings is 1. The molecule has 134 valence electrons. The largest absolute Gasteiger partial charge is 0.423 e. The summed E-state index contributed by atoms with van der Waals surface area (Å²) in [5.41, 5.74) is 3.62. The van der Waals surface area contributed by atoms with Crippen molar-refractivity contribution in [1.29, 1.82) is 0 Å². The Bertz CT molecular complexity index is 1270. The smallest absolute Gasteiger partial charge is 0.368 e. The molecule has 0 aliphatic heterocycles. The van der Waals surface area contributed by atoms with Crippen LogP contribution in [0.15, 0.2) is 62.5 Å². The highest BCUT2D eigenvalue weighted by Crippen LogP contribution is 2.28. The van der Waals surface area contributed by atoms with Gasteiger partial charge in [-0.1, -0.05) is 18.2 Å². The van der Waals surface area contributed by atoms with E-state index >= 15 is 0 Å². The number of aromatic nitrogens is 4. The summed E-state index contributed by atoms with van der Waals surface area (Å²) in [6, 6.07) is 14.6. The Kier molecular flexibility index (Phi) is 3.53. The highest BCUT2D eigenvalue weighted by Gasteiger charge is 2.17. The monoisotopic (exact) mass is 360 g/mol. The standard InChI is InChI=1S/C20H16N4O3/c25-19-11-15(17-9-13-5-4-6-14(13)10-18(17)27-19)12-23-20(26)24(22-21-23)16-7-2-1-3-8-16/h1-3,7-11H,4-6,12H2. The first-order valence-electron chi connectivity index (χ1n) is 8.86. The molecule has 2 aromatic heterocycles. The molecule has 1 aliphatic rings. The normalized spacial score (nSPS) is 13.2. The summed E-state index contributed by atoms with van der Waals surface area (Å²) in [5.74, 6) is 0. The molecule has 2 aromatic carbocycles. The van der Waals surface area contributed by atoms with Gasteiger partial charge in [-0.15, -0.1) is 0 Å². The summed E-state index contributed by atoms with van der Waals surface area (Å²) in [6.45, 7) is 0.159. The molecule has 0 radical (unpaired) electrons. The molecule has 1 aliphatic carbocycles. The zero-order valence-electron chi connectivity index (χ0n) is 14.5. The molecule has 5 rings (SSSR count). The summed E-state index contributed by atoms with van der Waals surface area (Å²) in [4.78, 5) is 24.7. The maximum absolute atomic E-state index is 12.7. The van der Waals surface area contributed by atoms with Gasteiger partial charge in [-0.25, -0.2) is 9.59 Å². The van der Waals surface area contributed by atoms with E-state index in [9.17, 15) is 9.59 Å². The molecule has 0 spiro atoms. The van der Waals surface area contributed by atoms with Gasteiger partial charge in [0.2, 0.25) is 0 Å². The Hall–Kier alpha value is -3.48. The molecule has 0 bridgehead atoms. The summed E-state index contributed by atoms with van der Waals surface area (Å²) in [6.07, 6.45) is 3.13. The molecule has 0 saturated carbocycles. The SMILES string of the molecule is O=c1cc(Cn2nnn(-c3ccccc3)c2=O)c2cc3c(cc2o1)CCC3. The Balaban J connectivity index is 1.61. The number of hydrogen-bond donors (Lipinski definition) is 0. The number of fused-ring (bicyclic) bond motifs is 2. The molecule has 0 N–H and O–H groups in total. The van der Waals surface area contributed by atoms with Crippen molar-refractivity contribution in [3.63, 3.8) is 0 Å². The molecule has 0 saturated heterocycles. The van der Waals surface area contributed by atoms with E-state index in [-0.39, 0.29) is 12.2 Å². The van der Waals surface area contributed by atoms with Crippen LogP contribution in [-0.2, 0) is 19.4 Å². The minimum absolute atomic E-state index is 0.159. The average molecular weight is 360 g/mol. The van der Waals surface area contributed by atoms with Crippen LogP contribution in [0.4, 0.5) is 0 Å². The number of nitrogens with zero attached hydrogens (tertiary/aromatic N) is 4. The molecule has 27 heavy (non-hydrogen) atoms. The Labute approximate surface area is 153 Å². The van der Waals surface area contributed by atoms with E-state index < -0.39 is 5.63 Å².